The first-order valence-corrected chi connectivity index (χ1v) is 11.0. The zero-order valence-corrected chi connectivity index (χ0v) is 18.7. The van der Waals surface area contributed by atoms with E-state index in [0.717, 1.165) is 16.8 Å². The summed E-state index contributed by atoms with van der Waals surface area (Å²) in [5.74, 6) is 0.337. The molecule has 3 aromatic rings. The number of hydrogen-bond acceptors (Lipinski definition) is 5. The highest BCUT2D eigenvalue weighted by molar-refractivity contribution is 7.09. The Morgan fingerprint density at radius 1 is 1.19 bits per heavy atom. The third-order valence-electron chi connectivity index (χ3n) is 5.14. The first kappa shape index (κ1) is 21.1. The molecular formula is C24H25N3O3S. The average molecular weight is 436 g/mol. The molecule has 1 aliphatic rings. The summed E-state index contributed by atoms with van der Waals surface area (Å²) in [5.41, 5.74) is 3.20. The molecule has 0 saturated heterocycles. The molecule has 2 amide bonds. The van der Waals surface area contributed by atoms with Gasteiger partial charge in [0.25, 0.3) is 11.8 Å². The summed E-state index contributed by atoms with van der Waals surface area (Å²) in [6, 6.07) is 15.7. The molecule has 0 atom stereocenters. The van der Waals surface area contributed by atoms with Gasteiger partial charge in [-0.25, -0.2) is 4.98 Å². The molecule has 160 valence electrons. The van der Waals surface area contributed by atoms with Gasteiger partial charge in [-0.15, -0.1) is 11.3 Å². The fourth-order valence-electron chi connectivity index (χ4n) is 3.33. The molecule has 2 aromatic carbocycles. The SMILES string of the molecule is CC(C)(C)c1ccc2c(c1)N(Cc1nc(C(=O)NCc3ccccc3)cs1)C(=O)CO2. The van der Waals surface area contributed by atoms with Gasteiger partial charge in [0.15, 0.2) is 6.61 Å². The number of nitrogens with zero attached hydrogens (tertiary/aromatic N) is 2. The van der Waals surface area contributed by atoms with Crippen LogP contribution < -0.4 is 15.0 Å². The molecule has 2 heterocycles. The molecule has 1 aliphatic heterocycles. The van der Waals surface area contributed by atoms with Crippen LogP contribution in [0.2, 0.25) is 0 Å². The van der Waals surface area contributed by atoms with Crippen LogP contribution in [0.4, 0.5) is 5.69 Å². The number of nitrogens with one attached hydrogen (secondary N) is 1. The van der Waals surface area contributed by atoms with Gasteiger partial charge >= 0.3 is 0 Å². The van der Waals surface area contributed by atoms with Gasteiger partial charge in [-0.2, -0.15) is 0 Å². The molecule has 7 heteroatoms. The van der Waals surface area contributed by atoms with E-state index in [1.807, 2.05) is 48.5 Å². The number of benzene rings is 2. The van der Waals surface area contributed by atoms with E-state index in [9.17, 15) is 9.59 Å². The minimum Gasteiger partial charge on any atom is -0.482 e. The number of amides is 2. The van der Waals surface area contributed by atoms with E-state index in [4.69, 9.17) is 4.74 Å². The Hall–Kier alpha value is -3.19. The Morgan fingerprint density at radius 2 is 1.97 bits per heavy atom. The van der Waals surface area contributed by atoms with Gasteiger partial charge in [-0.05, 0) is 28.7 Å². The number of aromatic nitrogens is 1. The van der Waals surface area contributed by atoms with E-state index in [-0.39, 0.29) is 23.8 Å². The lowest BCUT2D eigenvalue weighted by atomic mass is 9.86. The largest absolute Gasteiger partial charge is 0.482 e. The van der Waals surface area contributed by atoms with Crippen LogP contribution in [0, 0.1) is 0 Å². The van der Waals surface area contributed by atoms with Crippen molar-refractivity contribution in [3.8, 4) is 5.75 Å². The van der Waals surface area contributed by atoms with Gasteiger partial charge in [0.2, 0.25) is 0 Å². The zero-order valence-electron chi connectivity index (χ0n) is 17.8. The molecule has 0 saturated carbocycles. The van der Waals surface area contributed by atoms with Crippen molar-refractivity contribution in [2.24, 2.45) is 0 Å². The summed E-state index contributed by atoms with van der Waals surface area (Å²) in [4.78, 5) is 31.3. The quantitative estimate of drug-likeness (QED) is 0.649. The topological polar surface area (TPSA) is 71.5 Å². The van der Waals surface area contributed by atoms with Crippen molar-refractivity contribution < 1.29 is 14.3 Å². The number of thiazole rings is 1. The van der Waals surface area contributed by atoms with Crippen LogP contribution in [0.3, 0.4) is 0 Å². The van der Waals surface area contributed by atoms with E-state index >= 15 is 0 Å². The predicted molar refractivity (Wildman–Crippen MR) is 122 cm³/mol. The van der Waals surface area contributed by atoms with Crippen molar-refractivity contribution in [3.05, 3.63) is 75.7 Å². The second kappa shape index (κ2) is 8.51. The lowest BCUT2D eigenvalue weighted by Crippen LogP contribution is -2.38. The molecular weight excluding hydrogens is 410 g/mol. The highest BCUT2D eigenvalue weighted by Gasteiger charge is 2.28. The average Bonchev–Trinajstić information content (AvgIpc) is 3.22. The van der Waals surface area contributed by atoms with E-state index < -0.39 is 0 Å². The Morgan fingerprint density at radius 3 is 2.71 bits per heavy atom. The molecule has 0 aliphatic carbocycles. The Kier molecular flexibility index (Phi) is 5.78. The normalized spacial score (nSPS) is 13.5. The summed E-state index contributed by atoms with van der Waals surface area (Å²) in [5, 5.41) is 5.32. The van der Waals surface area contributed by atoms with Crippen LogP contribution in [0.1, 0.15) is 47.4 Å². The zero-order chi connectivity index (χ0) is 22.0. The van der Waals surface area contributed by atoms with Crippen LogP contribution >= 0.6 is 11.3 Å². The molecule has 4 rings (SSSR count). The van der Waals surface area contributed by atoms with Crippen molar-refractivity contribution in [3.63, 3.8) is 0 Å². The fraction of sp³-hybridized carbons (Fsp3) is 0.292. The van der Waals surface area contributed by atoms with Crippen LogP contribution in [-0.2, 0) is 23.3 Å². The van der Waals surface area contributed by atoms with Crippen molar-refractivity contribution in [1.82, 2.24) is 10.3 Å². The first-order valence-electron chi connectivity index (χ1n) is 10.2. The highest BCUT2D eigenvalue weighted by atomic mass is 32.1. The second-order valence-corrected chi connectivity index (χ2v) is 9.44. The maximum Gasteiger partial charge on any atom is 0.271 e. The third-order valence-corrected chi connectivity index (χ3v) is 5.98. The molecule has 0 fully saturated rings. The summed E-state index contributed by atoms with van der Waals surface area (Å²) in [7, 11) is 0. The molecule has 1 aromatic heterocycles. The van der Waals surface area contributed by atoms with Gasteiger partial charge in [0.1, 0.15) is 16.5 Å². The third kappa shape index (κ3) is 4.77. The minimum atomic E-state index is -0.227. The highest BCUT2D eigenvalue weighted by Crippen LogP contribution is 2.37. The number of carbonyl (C=O) groups excluding carboxylic acids is 2. The van der Waals surface area contributed by atoms with Crippen LogP contribution in [0.15, 0.2) is 53.9 Å². The molecule has 0 bridgehead atoms. The smallest absolute Gasteiger partial charge is 0.271 e. The van der Waals surface area contributed by atoms with Crippen molar-refractivity contribution in [2.75, 3.05) is 11.5 Å². The minimum absolute atomic E-state index is 0.00232. The fourth-order valence-corrected chi connectivity index (χ4v) is 4.10. The van der Waals surface area contributed by atoms with Gasteiger partial charge in [0, 0.05) is 11.9 Å². The molecule has 0 radical (unpaired) electrons. The summed E-state index contributed by atoms with van der Waals surface area (Å²) in [6.07, 6.45) is 0. The number of carbonyl (C=O) groups is 2. The van der Waals surface area contributed by atoms with E-state index in [1.54, 1.807) is 10.3 Å². The van der Waals surface area contributed by atoms with Crippen molar-refractivity contribution >= 4 is 28.8 Å². The predicted octanol–water partition coefficient (Wildman–Crippen LogP) is 4.30. The summed E-state index contributed by atoms with van der Waals surface area (Å²) >= 11 is 1.37. The monoisotopic (exact) mass is 435 g/mol. The first-order chi connectivity index (χ1) is 14.8. The number of rotatable bonds is 5. The Balaban J connectivity index is 1.49. The van der Waals surface area contributed by atoms with Crippen molar-refractivity contribution in [1.29, 1.82) is 0 Å². The Labute approximate surface area is 185 Å². The maximum absolute atomic E-state index is 12.6. The lowest BCUT2D eigenvalue weighted by molar-refractivity contribution is -0.121. The second-order valence-electron chi connectivity index (χ2n) is 8.50. The lowest BCUT2D eigenvalue weighted by Gasteiger charge is -2.30. The number of ether oxygens (including phenoxy) is 1. The van der Waals surface area contributed by atoms with Crippen LogP contribution in [-0.4, -0.2) is 23.4 Å². The Bertz CT molecular complexity index is 1100. The van der Waals surface area contributed by atoms with Gasteiger partial charge < -0.3 is 10.1 Å². The number of fused-ring (bicyclic) bond motifs is 1. The molecule has 0 unspecified atom stereocenters. The standard InChI is InChI=1S/C24H25N3O3S/c1-24(2,3)17-9-10-20-19(11-17)27(22(28)14-30-20)13-21-26-18(15-31-21)23(29)25-12-16-7-5-4-6-8-16/h4-11,15H,12-14H2,1-3H3,(H,25,29). The summed E-state index contributed by atoms with van der Waals surface area (Å²) in [6.45, 7) is 7.14. The van der Waals surface area contributed by atoms with E-state index in [0.29, 0.717) is 29.5 Å². The molecule has 6 nitrogen and oxygen atoms in total. The number of hydrogen-bond donors (Lipinski definition) is 1. The van der Waals surface area contributed by atoms with Crippen LogP contribution in [0.25, 0.3) is 0 Å². The van der Waals surface area contributed by atoms with Crippen LogP contribution in [0.5, 0.6) is 5.75 Å². The van der Waals surface area contributed by atoms with Crippen molar-refractivity contribution in [2.45, 2.75) is 39.3 Å². The van der Waals surface area contributed by atoms with E-state index in [1.165, 1.54) is 11.3 Å². The number of anilines is 1. The molecule has 0 spiro atoms. The van der Waals surface area contributed by atoms with Gasteiger partial charge in [0.05, 0.1) is 12.2 Å². The summed E-state index contributed by atoms with van der Waals surface area (Å²) < 4.78 is 5.62. The molecule has 31 heavy (non-hydrogen) atoms. The van der Waals surface area contributed by atoms with Gasteiger partial charge in [-0.3, -0.25) is 14.5 Å². The maximum atomic E-state index is 12.6. The van der Waals surface area contributed by atoms with E-state index in [2.05, 4.69) is 31.1 Å². The molecule has 1 N–H and O–H groups in total. The van der Waals surface area contributed by atoms with Gasteiger partial charge in [-0.1, -0.05) is 57.2 Å².